The van der Waals surface area contributed by atoms with Gasteiger partial charge >= 0.3 is 11.9 Å². The first-order chi connectivity index (χ1) is 25.1. The molecule has 0 aromatic carbocycles. The van der Waals surface area contributed by atoms with E-state index in [0.29, 0.717) is 12.8 Å². The molecule has 8 heteroatoms. The number of hydrogen-bond acceptors (Lipinski definition) is 7. The van der Waals surface area contributed by atoms with Crippen LogP contribution in [0.25, 0.3) is 0 Å². The van der Waals surface area contributed by atoms with Crippen molar-refractivity contribution >= 4 is 17.9 Å². The van der Waals surface area contributed by atoms with Crippen LogP contribution in [0, 0.1) is 0 Å². The quantitative estimate of drug-likeness (QED) is 0.0282. The first kappa shape index (κ1) is 48.8. The predicted octanol–water partition coefficient (Wildman–Crippen LogP) is 9.07. The summed E-state index contributed by atoms with van der Waals surface area (Å²) in [4.78, 5) is 36.7. The van der Waals surface area contributed by atoms with Crippen molar-refractivity contribution in [1.82, 2.24) is 0 Å². The number of carbonyl (C=O) groups is 3. The van der Waals surface area contributed by atoms with Gasteiger partial charge in [-0.1, -0.05) is 157 Å². The first-order valence-corrected chi connectivity index (χ1v) is 20.0. The SMILES string of the molecule is CC/C=C/C=C/C=C/C=C/C=C/C=C/CCCCCC(=O)OC(COCCC(C(=O)[O-])[N+](C)(C)C)COC(=O)CCCCCCCCCCCCC. The minimum Gasteiger partial charge on any atom is -0.544 e. The number of hydrogen-bond donors (Lipinski definition) is 0. The summed E-state index contributed by atoms with van der Waals surface area (Å²) in [5.74, 6) is -1.80. The van der Waals surface area contributed by atoms with Crippen LogP contribution < -0.4 is 5.11 Å². The average molecular weight is 728 g/mol. The maximum atomic E-state index is 12.7. The van der Waals surface area contributed by atoms with E-state index < -0.39 is 18.1 Å². The number of quaternary nitrogens is 1. The number of likely N-dealkylation sites (N-methyl/N-ethyl adjacent to an activating group) is 1. The van der Waals surface area contributed by atoms with Crippen molar-refractivity contribution in [1.29, 1.82) is 0 Å². The van der Waals surface area contributed by atoms with Gasteiger partial charge in [-0.3, -0.25) is 9.59 Å². The average Bonchev–Trinajstić information content (AvgIpc) is 3.09. The van der Waals surface area contributed by atoms with Crippen LogP contribution in [0.2, 0.25) is 0 Å². The summed E-state index contributed by atoms with van der Waals surface area (Å²) in [5.41, 5.74) is 0. The van der Waals surface area contributed by atoms with E-state index in [9.17, 15) is 19.5 Å². The summed E-state index contributed by atoms with van der Waals surface area (Å²) in [6.07, 6.45) is 42.1. The maximum absolute atomic E-state index is 12.7. The monoisotopic (exact) mass is 728 g/mol. The van der Waals surface area contributed by atoms with E-state index in [1.165, 1.54) is 51.4 Å². The Labute approximate surface area is 317 Å². The number of rotatable bonds is 34. The van der Waals surface area contributed by atoms with Gasteiger partial charge in [-0.25, -0.2) is 0 Å². The molecule has 0 aliphatic rings. The van der Waals surface area contributed by atoms with Gasteiger partial charge in [0.05, 0.1) is 40.3 Å². The number of allylic oxidation sites excluding steroid dienone is 12. The van der Waals surface area contributed by atoms with E-state index in [4.69, 9.17) is 14.2 Å². The Hall–Kier alpha value is -3.23. The summed E-state index contributed by atoms with van der Waals surface area (Å²) in [6.45, 7) is 4.43. The largest absolute Gasteiger partial charge is 0.544 e. The lowest BCUT2D eigenvalue weighted by Gasteiger charge is -2.34. The first-order valence-electron chi connectivity index (χ1n) is 20.0. The fraction of sp³-hybridized carbons (Fsp3) is 0.659. The van der Waals surface area contributed by atoms with E-state index in [-0.39, 0.29) is 49.1 Å². The zero-order chi connectivity index (χ0) is 38.5. The number of carbonyl (C=O) groups excluding carboxylic acids is 3. The molecule has 0 heterocycles. The zero-order valence-corrected chi connectivity index (χ0v) is 33.4. The topological polar surface area (TPSA) is 102 Å². The van der Waals surface area contributed by atoms with Gasteiger partial charge in [0.15, 0.2) is 6.10 Å². The summed E-state index contributed by atoms with van der Waals surface area (Å²) < 4.78 is 17.1. The summed E-state index contributed by atoms with van der Waals surface area (Å²) in [6, 6.07) is -0.736. The predicted molar refractivity (Wildman–Crippen MR) is 212 cm³/mol. The second-order valence-corrected chi connectivity index (χ2v) is 14.3. The number of esters is 2. The molecule has 0 bridgehead atoms. The van der Waals surface area contributed by atoms with Gasteiger partial charge in [0.25, 0.3) is 0 Å². The van der Waals surface area contributed by atoms with E-state index in [0.717, 1.165) is 44.9 Å². The van der Waals surface area contributed by atoms with Gasteiger partial charge in [-0.2, -0.15) is 0 Å². The molecule has 2 atom stereocenters. The van der Waals surface area contributed by atoms with E-state index >= 15 is 0 Å². The molecule has 0 saturated carbocycles. The zero-order valence-electron chi connectivity index (χ0n) is 33.4. The number of carboxylic acids is 1. The molecule has 0 saturated heterocycles. The normalized spacial score (nSPS) is 13.8. The molecular formula is C44H73NO7. The van der Waals surface area contributed by atoms with Crippen LogP contribution in [-0.2, 0) is 28.6 Å². The van der Waals surface area contributed by atoms with Crippen molar-refractivity contribution in [3.63, 3.8) is 0 Å². The molecule has 0 rings (SSSR count). The standard InChI is InChI=1S/C44H73NO7/c1-6-8-10-12-14-16-18-19-20-21-22-23-25-27-29-31-33-35-43(47)52-40(38-50-37-36-41(44(48)49)45(3,4)5)39-51-42(46)34-32-30-28-26-24-17-15-13-11-9-7-2/h8,10,12,14,16,18-23,25,40-41H,6-7,9,11,13,15,17,24,26-39H2,1-5H3/b10-8+,14-12+,18-16+,20-19+,22-21+,25-23+. The van der Waals surface area contributed by atoms with Crippen LogP contribution in [0.1, 0.15) is 136 Å². The number of nitrogens with zero attached hydrogens (tertiary/aromatic N) is 1. The van der Waals surface area contributed by atoms with Gasteiger partial charge in [0.1, 0.15) is 12.6 Å². The van der Waals surface area contributed by atoms with Crippen molar-refractivity contribution < 1.29 is 38.2 Å². The van der Waals surface area contributed by atoms with Crippen molar-refractivity contribution in [2.24, 2.45) is 0 Å². The number of aliphatic carboxylic acids is 1. The fourth-order valence-electron chi connectivity index (χ4n) is 5.39. The van der Waals surface area contributed by atoms with Crippen LogP contribution in [0.5, 0.6) is 0 Å². The van der Waals surface area contributed by atoms with Gasteiger partial charge in [0, 0.05) is 19.3 Å². The van der Waals surface area contributed by atoms with E-state index in [2.05, 4.69) is 26.0 Å². The van der Waals surface area contributed by atoms with Crippen molar-refractivity contribution in [2.75, 3.05) is 41.0 Å². The molecule has 52 heavy (non-hydrogen) atoms. The maximum Gasteiger partial charge on any atom is 0.306 e. The van der Waals surface area contributed by atoms with Gasteiger partial charge in [0.2, 0.25) is 0 Å². The highest BCUT2D eigenvalue weighted by atomic mass is 16.6. The number of ether oxygens (including phenoxy) is 3. The molecule has 0 fully saturated rings. The van der Waals surface area contributed by atoms with Crippen molar-refractivity contribution in [3.8, 4) is 0 Å². The molecule has 0 amide bonds. The Bertz CT molecular complexity index is 1080. The van der Waals surface area contributed by atoms with Gasteiger partial charge in [-0.15, -0.1) is 0 Å². The third-order valence-electron chi connectivity index (χ3n) is 8.52. The van der Waals surface area contributed by atoms with Crippen molar-refractivity contribution in [2.45, 2.75) is 148 Å². The Morgan fingerprint density at radius 3 is 1.60 bits per heavy atom. The smallest absolute Gasteiger partial charge is 0.306 e. The molecule has 0 aliphatic carbocycles. The molecule has 296 valence electrons. The van der Waals surface area contributed by atoms with Crippen LogP contribution in [-0.4, -0.2) is 75.5 Å². The second-order valence-electron chi connectivity index (χ2n) is 14.3. The van der Waals surface area contributed by atoms with Crippen LogP contribution >= 0.6 is 0 Å². The molecular weight excluding hydrogens is 654 g/mol. The lowest BCUT2D eigenvalue weighted by Crippen LogP contribution is -2.55. The van der Waals surface area contributed by atoms with Gasteiger partial charge < -0.3 is 28.6 Å². The lowest BCUT2D eigenvalue weighted by molar-refractivity contribution is -0.889. The Balaban J connectivity index is 4.52. The van der Waals surface area contributed by atoms with Crippen molar-refractivity contribution in [3.05, 3.63) is 72.9 Å². The molecule has 0 aromatic heterocycles. The van der Waals surface area contributed by atoms with Crippen LogP contribution in [0.15, 0.2) is 72.9 Å². The summed E-state index contributed by atoms with van der Waals surface area (Å²) >= 11 is 0. The molecule has 0 spiro atoms. The Kier molecular flexibility index (Phi) is 32.7. The third-order valence-corrected chi connectivity index (χ3v) is 8.52. The fourth-order valence-corrected chi connectivity index (χ4v) is 5.39. The van der Waals surface area contributed by atoms with Crippen LogP contribution in [0.3, 0.4) is 0 Å². The third kappa shape index (κ3) is 32.7. The highest BCUT2D eigenvalue weighted by Crippen LogP contribution is 2.13. The van der Waals surface area contributed by atoms with E-state index in [1.807, 2.05) is 60.8 Å². The summed E-state index contributed by atoms with van der Waals surface area (Å²) in [5, 5.41) is 11.6. The molecule has 0 aromatic rings. The number of unbranched alkanes of at least 4 members (excludes halogenated alkanes) is 13. The molecule has 0 radical (unpaired) electrons. The van der Waals surface area contributed by atoms with E-state index in [1.54, 1.807) is 21.1 Å². The molecule has 0 N–H and O–H groups in total. The Morgan fingerprint density at radius 2 is 1.08 bits per heavy atom. The molecule has 2 unspecified atom stereocenters. The molecule has 8 nitrogen and oxygen atoms in total. The highest BCUT2D eigenvalue weighted by molar-refractivity contribution is 5.70. The van der Waals surface area contributed by atoms with Gasteiger partial charge in [-0.05, 0) is 32.1 Å². The Morgan fingerprint density at radius 1 is 0.596 bits per heavy atom. The molecule has 0 aliphatic heterocycles. The number of carboxylic acid groups (broad SMARTS) is 1. The minimum absolute atomic E-state index is 0.0197. The van der Waals surface area contributed by atoms with Crippen LogP contribution in [0.4, 0.5) is 0 Å². The lowest BCUT2D eigenvalue weighted by atomic mass is 10.1. The minimum atomic E-state index is -1.14. The summed E-state index contributed by atoms with van der Waals surface area (Å²) in [7, 11) is 5.37. The second kappa shape index (κ2) is 34.8. The highest BCUT2D eigenvalue weighted by Gasteiger charge is 2.25.